The van der Waals surface area contributed by atoms with Gasteiger partial charge in [0.1, 0.15) is 29.5 Å². The molecule has 5 aliphatic rings. The summed E-state index contributed by atoms with van der Waals surface area (Å²) in [7, 11) is 0. The Balaban J connectivity index is 1.54. The molecule has 124 valence electrons. The molecule has 0 radical (unpaired) electrons. The van der Waals surface area contributed by atoms with Crippen molar-refractivity contribution in [3.05, 3.63) is 35.4 Å². The highest BCUT2D eigenvalue weighted by Gasteiger charge is 2.49. The van der Waals surface area contributed by atoms with Crippen LogP contribution in [-0.4, -0.2) is 25.9 Å². The highest BCUT2D eigenvalue weighted by Crippen LogP contribution is 2.59. The van der Waals surface area contributed by atoms with E-state index >= 15 is 0 Å². The second kappa shape index (κ2) is 4.83. The van der Waals surface area contributed by atoms with Crippen molar-refractivity contribution in [3.8, 4) is 5.75 Å². The second-order valence-electron chi connectivity index (χ2n) is 7.08. The zero-order valence-electron chi connectivity index (χ0n) is 13.1. The van der Waals surface area contributed by atoms with Gasteiger partial charge in [0.15, 0.2) is 0 Å². The van der Waals surface area contributed by atoms with E-state index < -0.39 is 12.7 Å². The molecule has 2 atom stereocenters. The van der Waals surface area contributed by atoms with Gasteiger partial charge in [0.2, 0.25) is 0 Å². The normalized spacial score (nSPS) is 27.5. The van der Waals surface area contributed by atoms with E-state index in [0.717, 1.165) is 12.2 Å². The maximum atomic E-state index is 12.8. The number of rotatable bonds is 2. The number of imidazole rings is 1. The lowest BCUT2D eigenvalue weighted by atomic mass is 9.53. The molecule has 2 aromatic rings. The molecule has 2 N–H and O–H groups in total. The summed E-state index contributed by atoms with van der Waals surface area (Å²) in [4.78, 5) is 16.9. The number of carbonyl (C=O) groups is 1. The van der Waals surface area contributed by atoms with Crippen molar-refractivity contribution in [2.45, 2.75) is 32.3 Å². The standard InChI is InChI=1S/C18H18N2O4/c21-8-15-19-17-12(2-1-3-13(17)22)20(15)18(23)24-14-6-9-4-10-7-11(5-9)16(10)14/h1-3,9-11,21-22H,4-8H2. The van der Waals surface area contributed by atoms with Gasteiger partial charge >= 0.3 is 6.09 Å². The van der Waals surface area contributed by atoms with Crippen LogP contribution in [0.1, 0.15) is 31.5 Å². The van der Waals surface area contributed by atoms with Gasteiger partial charge in [-0.05, 0) is 54.7 Å². The number of para-hydroxylation sites is 1. The van der Waals surface area contributed by atoms with Crippen LogP contribution in [0.5, 0.6) is 5.75 Å². The number of phenolic OH excluding ortho intramolecular Hbond substituents is 1. The molecule has 0 spiro atoms. The number of hydrogen-bond donors (Lipinski definition) is 2. The SMILES string of the molecule is O=C(OC1=C2C3CC(C1)CC2C3)n1c(CO)nc2c(O)cccc21. The Morgan fingerprint density at radius 1 is 1.29 bits per heavy atom. The highest BCUT2D eigenvalue weighted by molar-refractivity contribution is 5.90. The number of aromatic hydroxyl groups is 1. The fraction of sp³-hybridized carbons (Fsp3) is 0.444. The van der Waals surface area contributed by atoms with Gasteiger partial charge in [0.05, 0.1) is 5.52 Å². The molecule has 2 unspecified atom stereocenters. The van der Waals surface area contributed by atoms with E-state index in [1.807, 2.05) is 0 Å². The molecule has 5 aliphatic carbocycles. The van der Waals surface area contributed by atoms with Crippen LogP contribution in [0.4, 0.5) is 4.79 Å². The van der Waals surface area contributed by atoms with Crippen molar-refractivity contribution < 1.29 is 19.7 Å². The number of carbonyl (C=O) groups excluding carboxylic acids is 1. The Morgan fingerprint density at radius 3 is 2.79 bits per heavy atom. The van der Waals surface area contributed by atoms with Gasteiger partial charge in [0, 0.05) is 6.42 Å². The molecule has 3 saturated carbocycles. The summed E-state index contributed by atoms with van der Waals surface area (Å²) in [6.07, 6.45) is 3.98. The van der Waals surface area contributed by atoms with Crippen LogP contribution in [0.25, 0.3) is 11.0 Å². The lowest BCUT2D eigenvalue weighted by Gasteiger charge is -2.52. The molecule has 4 bridgehead atoms. The lowest BCUT2D eigenvalue weighted by Crippen LogP contribution is -2.43. The average molecular weight is 326 g/mol. The van der Waals surface area contributed by atoms with Crippen LogP contribution in [-0.2, 0) is 11.3 Å². The minimum absolute atomic E-state index is 0.0197. The highest BCUT2D eigenvalue weighted by atomic mass is 16.6. The van der Waals surface area contributed by atoms with Gasteiger partial charge in [-0.25, -0.2) is 14.3 Å². The Kier molecular flexibility index (Phi) is 2.83. The fourth-order valence-electron chi connectivity index (χ4n) is 4.81. The summed E-state index contributed by atoms with van der Waals surface area (Å²) in [5.74, 6) is 2.82. The first kappa shape index (κ1) is 14.0. The van der Waals surface area contributed by atoms with Gasteiger partial charge in [0.25, 0.3) is 0 Å². The monoisotopic (exact) mass is 326 g/mol. The third-order valence-electron chi connectivity index (χ3n) is 5.75. The number of allylic oxidation sites excluding steroid dienone is 2. The third-order valence-corrected chi connectivity index (χ3v) is 5.75. The molecule has 0 aliphatic heterocycles. The number of nitrogens with zero attached hydrogens (tertiary/aromatic N) is 2. The Bertz CT molecular complexity index is 884. The molecule has 1 aromatic carbocycles. The topological polar surface area (TPSA) is 84.6 Å². The molecule has 6 heteroatoms. The number of phenols is 1. The van der Waals surface area contributed by atoms with E-state index in [1.54, 1.807) is 12.1 Å². The largest absolute Gasteiger partial charge is 0.506 e. The quantitative estimate of drug-likeness (QED) is 0.886. The fourth-order valence-corrected chi connectivity index (χ4v) is 4.81. The third kappa shape index (κ3) is 1.80. The summed E-state index contributed by atoms with van der Waals surface area (Å²) >= 11 is 0. The van der Waals surface area contributed by atoms with Gasteiger partial charge in [-0.1, -0.05) is 6.07 Å². The summed E-state index contributed by atoms with van der Waals surface area (Å²) < 4.78 is 6.99. The maximum absolute atomic E-state index is 12.8. The van der Waals surface area contributed by atoms with Crippen LogP contribution < -0.4 is 0 Å². The summed E-state index contributed by atoms with van der Waals surface area (Å²) in [6, 6.07) is 4.83. The molecule has 1 heterocycles. The predicted molar refractivity (Wildman–Crippen MR) is 85.2 cm³/mol. The average Bonchev–Trinajstić information content (AvgIpc) is 2.94. The molecule has 0 amide bonds. The van der Waals surface area contributed by atoms with Crippen LogP contribution in [0.3, 0.4) is 0 Å². The zero-order valence-corrected chi connectivity index (χ0v) is 13.1. The minimum atomic E-state index is -0.554. The molecular weight excluding hydrogens is 308 g/mol. The first-order valence-electron chi connectivity index (χ1n) is 8.41. The van der Waals surface area contributed by atoms with Crippen LogP contribution >= 0.6 is 0 Å². The summed E-state index contributed by atoms with van der Waals surface area (Å²) in [5.41, 5.74) is 2.08. The van der Waals surface area contributed by atoms with E-state index in [-0.39, 0.29) is 11.6 Å². The van der Waals surface area contributed by atoms with Crippen LogP contribution in [0.15, 0.2) is 29.5 Å². The summed E-state index contributed by atoms with van der Waals surface area (Å²) in [6.45, 7) is -0.400. The van der Waals surface area contributed by atoms with Crippen LogP contribution in [0.2, 0.25) is 0 Å². The van der Waals surface area contributed by atoms with Crippen LogP contribution in [0, 0.1) is 17.8 Å². The van der Waals surface area contributed by atoms with E-state index in [4.69, 9.17) is 4.74 Å². The molecule has 24 heavy (non-hydrogen) atoms. The van der Waals surface area contributed by atoms with Gasteiger partial charge in [-0.2, -0.15) is 0 Å². The van der Waals surface area contributed by atoms with Gasteiger partial charge < -0.3 is 14.9 Å². The van der Waals surface area contributed by atoms with Gasteiger partial charge in [-0.3, -0.25) is 0 Å². The first-order valence-corrected chi connectivity index (χ1v) is 8.41. The number of hydrogen-bond acceptors (Lipinski definition) is 5. The Hall–Kier alpha value is -2.34. The number of benzene rings is 1. The molecule has 7 rings (SSSR count). The molecule has 0 saturated heterocycles. The number of ether oxygens (including phenoxy) is 1. The van der Waals surface area contributed by atoms with Crippen molar-refractivity contribution in [3.63, 3.8) is 0 Å². The van der Waals surface area contributed by atoms with E-state index in [2.05, 4.69) is 4.98 Å². The van der Waals surface area contributed by atoms with Crippen molar-refractivity contribution >= 4 is 17.1 Å². The minimum Gasteiger partial charge on any atom is -0.506 e. The maximum Gasteiger partial charge on any atom is 0.425 e. The van der Waals surface area contributed by atoms with Gasteiger partial charge in [-0.15, -0.1) is 0 Å². The second-order valence-corrected chi connectivity index (χ2v) is 7.08. The Morgan fingerprint density at radius 2 is 2.08 bits per heavy atom. The number of aliphatic hydroxyl groups excluding tert-OH is 1. The number of aromatic nitrogens is 2. The summed E-state index contributed by atoms with van der Waals surface area (Å²) in [5, 5.41) is 19.4. The first-order chi connectivity index (χ1) is 11.7. The number of aliphatic hydroxyl groups is 1. The van der Waals surface area contributed by atoms with Crippen molar-refractivity contribution in [2.24, 2.45) is 17.8 Å². The predicted octanol–water partition coefficient (Wildman–Crippen LogP) is 2.92. The van der Waals surface area contributed by atoms with E-state index in [9.17, 15) is 15.0 Å². The number of fused-ring (bicyclic) bond motifs is 2. The van der Waals surface area contributed by atoms with Crippen molar-refractivity contribution in [1.82, 2.24) is 9.55 Å². The smallest absolute Gasteiger partial charge is 0.425 e. The molecule has 6 nitrogen and oxygen atoms in total. The molecule has 1 aromatic heterocycles. The van der Waals surface area contributed by atoms with Crippen molar-refractivity contribution in [2.75, 3.05) is 0 Å². The van der Waals surface area contributed by atoms with E-state index in [1.165, 1.54) is 35.5 Å². The lowest BCUT2D eigenvalue weighted by molar-refractivity contribution is 0.0822. The Labute approximate surface area is 138 Å². The van der Waals surface area contributed by atoms with E-state index in [0.29, 0.717) is 28.8 Å². The zero-order chi connectivity index (χ0) is 16.4. The molecular formula is C18H18N2O4. The van der Waals surface area contributed by atoms with Crippen molar-refractivity contribution in [1.29, 1.82) is 0 Å². The molecule has 3 fully saturated rings.